The summed E-state index contributed by atoms with van der Waals surface area (Å²) in [5, 5.41) is 7.48. The zero-order chi connectivity index (χ0) is 26.5. The first kappa shape index (κ1) is 25.7. The molecule has 0 radical (unpaired) electrons. The third-order valence-corrected chi connectivity index (χ3v) is 6.59. The summed E-state index contributed by atoms with van der Waals surface area (Å²) in [6.07, 6.45) is 1.36. The molecule has 196 valence electrons. The summed E-state index contributed by atoms with van der Waals surface area (Å²) in [5.41, 5.74) is 1.19. The Morgan fingerprint density at radius 3 is 2.63 bits per heavy atom. The fraction of sp³-hybridized carbons (Fsp3) is 0.250. The molecule has 38 heavy (non-hydrogen) atoms. The van der Waals surface area contributed by atoms with Crippen molar-refractivity contribution >= 4 is 23.2 Å². The first-order valence-corrected chi connectivity index (χ1v) is 12.6. The molecule has 10 heteroatoms. The van der Waals surface area contributed by atoms with E-state index < -0.39 is 0 Å². The molecule has 8 nitrogen and oxygen atoms in total. The van der Waals surface area contributed by atoms with E-state index >= 15 is 0 Å². The van der Waals surface area contributed by atoms with E-state index in [1.165, 1.54) is 12.1 Å². The fourth-order valence-electron chi connectivity index (χ4n) is 4.30. The van der Waals surface area contributed by atoms with Crippen molar-refractivity contribution in [3.63, 3.8) is 0 Å². The fourth-order valence-corrected chi connectivity index (χ4v) is 4.47. The van der Waals surface area contributed by atoms with E-state index in [-0.39, 0.29) is 17.6 Å². The molecule has 1 aliphatic heterocycles. The summed E-state index contributed by atoms with van der Waals surface area (Å²) < 4.78 is 29.8. The molecule has 0 spiro atoms. The highest BCUT2D eigenvalue weighted by atomic mass is 35.5. The van der Waals surface area contributed by atoms with Crippen LogP contribution in [-0.4, -0.2) is 41.1 Å². The van der Waals surface area contributed by atoms with Gasteiger partial charge in [-0.3, -0.25) is 9.69 Å². The van der Waals surface area contributed by atoms with Gasteiger partial charge < -0.3 is 19.3 Å². The highest BCUT2D eigenvalue weighted by Gasteiger charge is 2.27. The molecule has 1 saturated heterocycles. The van der Waals surface area contributed by atoms with Crippen molar-refractivity contribution in [2.45, 2.75) is 19.4 Å². The minimum Gasteiger partial charge on any atom is -0.497 e. The zero-order valence-corrected chi connectivity index (χ0v) is 21.5. The minimum atomic E-state index is -0.319. The molecular formula is C28H26ClFN4O4. The van der Waals surface area contributed by atoms with Crippen LogP contribution in [0.15, 0.2) is 71.3 Å². The van der Waals surface area contributed by atoms with E-state index in [0.717, 1.165) is 0 Å². The van der Waals surface area contributed by atoms with Gasteiger partial charge in [-0.15, -0.1) is 0 Å². The normalized spacial score (nSPS) is 14.3. The summed E-state index contributed by atoms with van der Waals surface area (Å²) in [4.78, 5) is 19.7. The van der Waals surface area contributed by atoms with Gasteiger partial charge in [0.05, 0.1) is 19.3 Å². The van der Waals surface area contributed by atoms with Gasteiger partial charge in [0, 0.05) is 22.6 Å². The summed E-state index contributed by atoms with van der Waals surface area (Å²) in [6.45, 7) is 1.89. The van der Waals surface area contributed by atoms with Crippen molar-refractivity contribution in [2.24, 2.45) is 5.92 Å². The monoisotopic (exact) mass is 536 g/mol. The number of likely N-dealkylation sites (tertiary alicyclic amines) is 1. The summed E-state index contributed by atoms with van der Waals surface area (Å²) in [5.74, 6) is 2.07. The Labute approximate surface area is 224 Å². The molecule has 1 fully saturated rings. The van der Waals surface area contributed by atoms with Gasteiger partial charge in [0.1, 0.15) is 17.3 Å². The van der Waals surface area contributed by atoms with Crippen LogP contribution < -0.4 is 14.8 Å². The molecule has 0 saturated carbocycles. The predicted octanol–water partition coefficient (Wildman–Crippen LogP) is 6.18. The summed E-state index contributed by atoms with van der Waals surface area (Å²) in [6, 6.07) is 18.3. The van der Waals surface area contributed by atoms with Gasteiger partial charge in [-0.2, -0.15) is 4.98 Å². The number of aromatic nitrogens is 2. The van der Waals surface area contributed by atoms with Crippen molar-refractivity contribution in [1.29, 1.82) is 0 Å². The summed E-state index contributed by atoms with van der Waals surface area (Å²) in [7, 11) is 1.59. The van der Waals surface area contributed by atoms with Crippen LogP contribution in [0.5, 0.6) is 17.2 Å². The molecule has 0 atom stereocenters. The number of hydrogen-bond acceptors (Lipinski definition) is 7. The van der Waals surface area contributed by atoms with Crippen molar-refractivity contribution < 1.29 is 23.2 Å². The van der Waals surface area contributed by atoms with Crippen molar-refractivity contribution in [3.05, 3.63) is 83.5 Å². The van der Waals surface area contributed by atoms with Gasteiger partial charge >= 0.3 is 0 Å². The van der Waals surface area contributed by atoms with Crippen LogP contribution in [0.1, 0.15) is 18.7 Å². The number of amides is 1. The first-order chi connectivity index (χ1) is 18.5. The first-order valence-electron chi connectivity index (χ1n) is 12.2. The minimum absolute atomic E-state index is 0.0844. The number of ether oxygens (including phenoxy) is 2. The van der Waals surface area contributed by atoms with Crippen LogP contribution in [-0.2, 0) is 11.3 Å². The van der Waals surface area contributed by atoms with E-state index in [1.807, 2.05) is 18.2 Å². The maximum atomic E-state index is 13.2. The number of piperidine rings is 1. The molecule has 0 bridgehead atoms. The molecule has 4 aromatic rings. The maximum Gasteiger partial charge on any atom is 0.241 e. The van der Waals surface area contributed by atoms with Crippen molar-refractivity contribution in [1.82, 2.24) is 15.0 Å². The Kier molecular flexibility index (Phi) is 7.86. The Hall–Kier alpha value is -3.95. The molecule has 5 rings (SSSR count). The van der Waals surface area contributed by atoms with Crippen LogP contribution in [0.3, 0.4) is 0 Å². The molecule has 3 aromatic carbocycles. The van der Waals surface area contributed by atoms with Gasteiger partial charge in [-0.1, -0.05) is 22.8 Å². The van der Waals surface area contributed by atoms with Gasteiger partial charge in [0.25, 0.3) is 0 Å². The topological polar surface area (TPSA) is 89.7 Å². The second-order valence-electron chi connectivity index (χ2n) is 8.98. The number of carbonyl (C=O) groups excluding carboxylic acids is 1. The molecule has 2 heterocycles. The SMILES string of the molecule is COc1cccc(Oc2ccc(Cl)cc2NC(=O)C2CCN(Cc3nc(-c4ccc(F)cc4)no3)CC2)c1. The Morgan fingerprint density at radius 2 is 1.87 bits per heavy atom. The molecular weight excluding hydrogens is 511 g/mol. The van der Waals surface area contributed by atoms with Crippen molar-refractivity contribution in [3.8, 4) is 28.6 Å². The number of nitrogens with zero attached hydrogens (tertiary/aromatic N) is 3. The van der Waals surface area contributed by atoms with E-state index in [0.29, 0.717) is 77.7 Å². The van der Waals surface area contributed by atoms with E-state index in [1.54, 1.807) is 43.5 Å². The summed E-state index contributed by atoms with van der Waals surface area (Å²) >= 11 is 6.21. The molecule has 1 amide bonds. The Balaban J connectivity index is 1.17. The Morgan fingerprint density at radius 1 is 1.11 bits per heavy atom. The van der Waals surface area contributed by atoms with E-state index in [2.05, 4.69) is 20.4 Å². The maximum absolute atomic E-state index is 13.2. The van der Waals surface area contributed by atoms with Gasteiger partial charge in [-0.05, 0) is 80.5 Å². The molecule has 0 aliphatic carbocycles. The number of hydrogen-bond donors (Lipinski definition) is 1. The zero-order valence-electron chi connectivity index (χ0n) is 20.7. The highest BCUT2D eigenvalue weighted by molar-refractivity contribution is 6.31. The van der Waals surface area contributed by atoms with Crippen LogP contribution in [0.25, 0.3) is 11.4 Å². The van der Waals surface area contributed by atoms with Gasteiger partial charge in [-0.25, -0.2) is 4.39 Å². The number of halogens is 2. The lowest BCUT2D eigenvalue weighted by Crippen LogP contribution is -2.37. The number of anilines is 1. The van der Waals surface area contributed by atoms with Gasteiger partial charge in [0.2, 0.25) is 17.6 Å². The molecule has 1 aliphatic rings. The van der Waals surface area contributed by atoms with Crippen LogP contribution in [0.4, 0.5) is 10.1 Å². The average Bonchev–Trinajstić information content (AvgIpc) is 3.39. The molecule has 1 N–H and O–H groups in total. The van der Waals surface area contributed by atoms with Crippen molar-refractivity contribution in [2.75, 3.05) is 25.5 Å². The predicted molar refractivity (Wildman–Crippen MR) is 141 cm³/mol. The largest absolute Gasteiger partial charge is 0.497 e. The molecule has 1 aromatic heterocycles. The van der Waals surface area contributed by atoms with Gasteiger partial charge in [0.15, 0.2) is 5.75 Å². The smallest absolute Gasteiger partial charge is 0.241 e. The average molecular weight is 537 g/mol. The Bertz CT molecular complexity index is 1400. The van der Waals surface area contributed by atoms with Crippen LogP contribution in [0, 0.1) is 11.7 Å². The number of carbonyl (C=O) groups is 1. The van der Waals surface area contributed by atoms with Crippen LogP contribution in [0.2, 0.25) is 5.02 Å². The second kappa shape index (κ2) is 11.6. The third kappa shape index (κ3) is 6.30. The van der Waals surface area contributed by atoms with E-state index in [9.17, 15) is 9.18 Å². The number of rotatable bonds is 8. The number of methoxy groups -OCH3 is 1. The lowest BCUT2D eigenvalue weighted by atomic mass is 9.96. The second-order valence-corrected chi connectivity index (χ2v) is 9.42. The lowest BCUT2D eigenvalue weighted by molar-refractivity contribution is -0.121. The van der Waals surface area contributed by atoms with E-state index in [4.69, 9.17) is 25.6 Å². The molecule has 0 unspecified atom stereocenters. The standard InChI is InChI=1S/C28H26ClFN4O4/c1-36-22-3-2-4-23(16-22)37-25-10-7-20(29)15-24(25)31-28(35)19-11-13-34(14-12-19)17-26-32-27(33-38-26)18-5-8-21(30)9-6-18/h2-10,15-16,19H,11-14,17H2,1H3,(H,31,35). The number of benzene rings is 3. The quantitative estimate of drug-likeness (QED) is 0.287. The van der Waals surface area contributed by atoms with Crippen LogP contribution >= 0.6 is 11.6 Å². The lowest BCUT2D eigenvalue weighted by Gasteiger charge is -2.30. The third-order valence-electron chi connectivity index (χ3n) is 6.36. The number of nitrogens with one attached hydrogen (secondary N) is 1. The highest BCUT2D eigenvalue weighted by Crippen LogP contribution is 2.34.